The molecule has 0 fully saturated rings. The smallest absolute Gasteiger partial charge is 0.318 e. The Morgan fingerprint density at radius 1 is 0.837 bits per heavy atom. The van der Waals surface area contributed by atoms with E-state index in [2.05, 4.69) is 15.6 Å². The molecule has 2 atom stereocenters. The van der Waals surface area contributed by atoms with E-state index in [4.69, 9.17) is 5.73 Å². The fourth-order valence-electron chi connectivity index (χ4n) is 4.95. The van der Waals surface area contributed by atoms with Crippen LogP contribution in [0.25, 0.3) is 10.8 Å². The minimum absolute atomic E-state index is 0.250. The molecule has 0 saturated heterocycles. The Morgan fingerprint density at radius 2 is 1.56 bits per heavy atom. The van der Waals surface area contributed by atoms with E-state index < -0.39 is 23.9 Å². The molecule has 43 heavy (non-hydrogen) atoms. The summed E-state index contributed by atoms with van der Waals surface area (Å²) in [7, 11) is 0. The van der Waals surface area contributed by atoms with Crippen LogP contribution in [0.3, 0.4) is 0 Å². The summed E-state index contributed by atoms with van der Waals surface area (Å²) in [5, 5.41) is 7.85. The van der Waals surface area contributed by atoms with Crippen molar-refractivity contribution in [2.24, 2.45) is 5.73 Å². The molecule has 1 heterocycles. The molecule has 8 nitrogen and oxygen atoms in total. The maximum Gasteiger partial charge on any atom is 0.318 e. The number of hydrogen-bond acceptors (Lipinski definition) is 5. The summed E-state index contributed by atoms with van der Waals surface area (Å²) in [6, 6.07) is 27.4. The molecule has 0 bridgehead atoms. The lowest BCUT2D eigenvalue weighted by molar-refractivity contribution is -0.128. The van der Waals surface area contributed by atoms with E-state index >= 15 is 0 Å². The molecule has 0 spiro atoms. The Balaban J connectivity index is 1.57. The Bertz CT molecular complexity index is 1440. The summed E-state index contributed by atoms with van der Waals surface area (Å²) >= 11 is 1.57. The van der Waals surface area contributed by atoms with Crippen LogP contribution in [0.15, 0.2) is 97.2 Å². The molecule has 4 rings (SSSR count). The van der Waals surface area contributed by atoms with Gasteiger partial charge in [0.1, 0.15) is 12.1 Å². The highest BCUT2D eigenvalue weighted by molar-refractivity contribution is 7.98. The van der Waals surface area contributed by atoms with Crippen molar-refractivity contribution in [2.45, 2.75) is 37.8 Å². The van der Waals surface area contributed by atoms with Gasteiger partial charge in [-0.1, -0.05) is 78.9 Å². The molecule has 4 amide bonds. The number of pyridine rings is 1. The van der Waals surface area contributed by atoms with Gasteiger partial charge in [0.2, 0.25) is 11.8 Å². The second-order valence-corrected chi connectivity index (χ2v) is 11.4. The average molecular weight is 598 g/mol. The minimum Gasteiger partial charge on any atom is -0.368 e. The van der Waals surface area contributed by atoms with Crippen LogP contribution in [0.4, 0.5) is 4.79 Å². The lowest BCUT2D eigenvalue weighted by Gasteiger charge is -2.27. The second-order valence-electron chi connectivity index (χ2n) is 10.4. The van der Waals surface area contributed by atoms with Gasteiger partial charge in [-0.25, -0.2) is 4.79 Å². The summed E-state index contributed by atoms with van der Waals surface area (Å²) in [6.45, 7) is 0.888. The molecular weight excluding hydrogens is 558 g/mol. The number of hydrogen-bond donors (Lipinski definition) is 3. The third-order valence-corrected chi connectivity index (χ3v) is 8.00. The maximum atomic E-state index is 13.9. The third kappa shape index (κ3) is 9.58. The molecule has 224 valence electrons. The summed E-state index contributed by atoms with van der Waals surface area (Å²) < 4.78 is 0. The predicted octanol–water partition coefficient (Wildman–Crippen LogP) is 4.37. The summed E-state index contributed by atoms with van der Waals surface area (Å²) in [4.78, 5) is 45.9. The van der Waals surface area contributed by atoms with Crippen LogP contribution in [0.2, 0.25) is 0 Å². The van der Waals surface area contributed by atoms with Gasteiger partial charge in [0.05, 0.1) is 0 Å². The molecule has 1 aromatic heterocycles. The highest BCUT2D eigenvalue weighted by atomic mass is 32.2. The van der Waals surface area contributed by atoms with Crippen LogP contribution in [-0.4, -0.2) is 64.9 Å². The third-order valence-electron chi connectivity index (χ3n) is 7.35. The van der Waals surface area contributed by atoms with Gasteiger partial charge in [0.25, 0.3) is 0 Å². The molecule has 0 unspecified atom stereocenters. The van der Waals surface area contributed by atoms with Gasteiger partial charge in [0.15, 0.2) is 0 Å². The number of thioether (sulfide) groups is 1. The van der Waals surface area contributed by atoms with E-state index in [1.807, 2.05) is 97.3 Å². The van der Waals surface area contributed by atoms with Crippen molar-refractivity contribution >= 4 is 40.4 Å². The zero-order valence-electron chi connectivity index (χ0n) is 24.4. The van der Waals surface area contributed by atoms with E-state index in [1.54, 1.807) is 22.9 Å². The Kier molecular flexibility index (Phi) is 12.0. The van der Waals surface area contributed by atoms with Gasteiger partial charge < -0.3 is 21.3 Å². The first-order chi connectivity index (χ1) is 20.9. The zero-order valence-corrected chi connectivity index (χ0v) is 25.3. The van der Waals surface area contributed by atoms with Gasteiger partial charge in [-0.3, -0.25) is 14.6 Å². The van der Waals surface area contributed by atoms with E-state index in [1.165, 1.54) is 0 Å². The molecule has 4 aromatic rings. The van der Waals surface area contributed by atoms with Gasteiger partial charge in [0, 0.05) is 37.8 Å². The van der Waals surface area contributed by atoms with Crippen LogP contribution in [0.1, 0.15) is 23.2 Å². The van der Waals surface area contributed by atoms with Crippen LogP contribution in [0.5, 0.6) is 0 Å². The molecule has 4 N–H and O–H groups in total. The monoisotopic (exact) mass is 597 g/mol. The summed E-state index contributed by atoms with van der Waals surface area (Å²) in [5.41, 5.74) is 8.54. The average Bonchev–Trinajstić information content (AvgIpc) is 3.03. The number of nitrogens with zero attached hydrogens (tertiary/aromatic N) is 2. The molecule has 9 heteroatoms. The quantitative estimate of drug-likeness (QED) is 0.188. The minimum atomic E-state index is -0.927. The van der Waals surface area contributed by atoms with Gasteiger partial charge >= 0.3 is 6.03 Å². The van der Waals surface area contributed by atoms with Crippen molar-refractivity contribution in [3.8, 4) is 0 Å². The highest BCUT2D eigenvalue weighted by Crippen LogP contribution is 2.20. The number of fused-ring (bicyclic) bond motifs is 1. The Hall–Kier alpha value is -4.37. The lowest BCUT2D eigenvalue weighted by atomic mass is 9.98. The first-order valence-electron chi connectivity index (χ1n) is 14.5. The number of urea groups is 1. The highest BCUT2D eigenvalue weighted by Gasteiger charge is 2.28. The number of carbonyl (C=O) groups is 3. The molecular formula is C34H39N5O3S. The number of primary amides is 1. The molecule has 0 radical (unpaired) electrons. The standard InChI is InChI=1S/C34H39N5O3S/c1-43-23-19-30(32(35)40)37-33(41)31(24-27-14-9-13-26-12-5-6-16-29(26)27)38-34(42)39(21-17-25-10-3-2-4-11-25)22-18-28-15-7-8-20-36-28/h2-16,20,30-31H,17-19,21-24H2,1H3,(H2,35,40)(H,37,41)(H,38,42)/t30-,31+/m0/s1. The lowest BCUT2D eigenvalue weighted by Crippen LogP contribution is -2.56. The van der Waals surface area contributed by atoms with E-state index in [-0.39, 0.29) is 12.5 Å². The Labute approximate surface area is 257 Å². The van der Waals surface area contributed by atoms with E-state index in [9.17, 15) is 14.4 Å². The molecule has 3 aromatic carbocycles. The van der Waals surface area contributed by atoms with Crippen molar-refractivity contribution < 1.29 is 14.4 Å². The van der Waals surface area contributed by atoms with E-state index in [0.29, 0.717) is 38.1 Å². The van der Waals surface area contributed by atoms with Gasteiger partial charge in [-0.05, 0) is 58.9 Å². The van der Waals surface area contributed by atoms with Crippen molar-refractivity contribution in [3.05, 3.63) is 114 Å². The molecule has 0 saturated carbocycles. The van der Waals surface area contributed by atoms with Crippen LogP contribution < -0.4 is 16.4 Å². The summed E-state index contributed by atoms with van der Waals surface area (Å²) in [6.07, 6.45) is 5.56. The largest absolute Gasteiger partial charge is 0.368 e. The molecule has 0 aliphatic carbocycles. The van der Waals surface area contributed by atoms with Crippen molar-refractivity contribution in [1.29, 1.82) is 0 Å². The number of aromatic nitrogens is 1. The van der Waals surface area contributed by atoms with Crippen molar-refractivity contribution in [2.75, 3.05) is 25.1 Å². The normalized spacial score (nSPS) is 12.3. The van der Waals surface area contributed by atoms with Crippen LogP contribution in [-0.2, 0) is 28.9 Å². The summed E-state index contributed by atoms with van der Waals surface area (Å²) in [5.74, 6) is -0.383. The number of benzene rings is 3. The fraction of sp³-hybridized carbons (Fsp3) is 0.294. The Morgan fingerprint density at radius 3 is 2.30 bits per heavy atom. The van der Waals surface area contributed by atoms with Crippen LogP contribution in [0, 0.1) is 0 Å². The predicted molar refractivity (Wildman–Crippen MR) is 174 cm³/mol. The number of rotatable bonds is 15. The first-order valence-corrected chi connectivity index (χ1v) is 15.9. The number of nitrogens with two attached hydrogens (primary N) is 1. The van der Waals surface area contributed by atoms with E-state index in [0.717, 1.165) is 27.6 Å². The van der Waals surface area contributed by atoms with Gasteiger partial charge in [-0.15, -0.1) is 0 Å². The fourth-order valence-corrected chi connectivity index (χ4v) is 5.42. The van der Waals surface area contributed by atoms with Crippen molar-refractivity contribution in [3.63, 3.8) is 0 Å². The second kappa shape index (κ2) is 16.3. The maximum absolute atomic E-state index is 13.9. The topological polar surface area (TPSA) is 117 Å². The number of amides is 4. The number of carbonyl (C=O) groups excluding carboxylic acids is 3. The zero-order chi connectivity index (χ0) is 30.4. The number of nitrogens with one attached hydrogen (secondary N) is 2. The first kappa shape index (κ1) is 31.6. The van der Waals surface area contributed by atoms with Crippen molar-refractivity contribution in [1.82, 2.24) is 20.5 Å². The molecule has 0 aliphatic heterocycles. The molecule has 0 aliphatic rings. The van der Waals surface area contributed by atoms with Crippen LogP contribution >= 0.6 is 11.8 Å². The van der Waals surface area contributed by atoms with Gasteiger partial charge in [-0.2, -0.15) is 11.8 Å². The SMILES string of the molecule is CSCC[C@H](NC(=O)[C@@H](Cc1cccc2ccccc12)NC(=O)N(CCc1ccccc1)CCc1ccccn1)C(N)=O.